The molecule has 1 aromatic heterocycles. The summed E-state index contributed by atoms with van der Waals surface area (Å²) in [6.45, 7) is 0.556. The highest BCUT2D eigenvalue weighted by Gasteiger charge is 2.34. The van der Waals surface area contributed by atoms with E-state index in [0.717, 1.165) is 11.1 Å². The van der Waals surface area contributed by atoms with Crippen molar-refractivity contribution in [3.63, 3.8) is 0 Å². The first-order valence-corrected chi connectivity index (χ1v) is 14.1. The second-order valence-electron chi connectivity index (χ2n) is 9.43. The highest BCUT2D eigenvalue weighted by molar-refractivity contribution is 7.92. The van der Waals surface area contributed by atoms with E-state index < -0.39 is 15.9 Å². The van der Waals surface area contributed by atoms with Crippen molar-refractivity contribution in [2.24, 2.45) is 0 Å². The highest BCUT2D eigenvalue weighted by Crippen LogP contribution is 2.26. The second kappa shape index (κ2) is 10.6. The molecule has 0 aliphatic carbocycles. The molecule has 3 N–H and O–H groups in total. The van der Waals surface area contributed by atoms with E-state index in [1.165, 1.54) is 0 Å². The molecular formula is C29H26N4O4S. The standard InChI is InChI=1S/C29H26N4O4S/c30-15-20-8-6-19(7-9-20)12-13-31-27(21-4-2-1-3-5-21)28(34)25-16-32-26-14-22(10-11-24(25)26)29(35)33-23-17-38(36,37)18-23/h1-11,14,16,23,27,31-32H,12-13,17-18H2,(H,33,35)/t27-/m0/s1. The van der Waals surface area contributed by atoms with Crippen molar-refractivity contribution in [2.75, 3.05) is 18.1 Å². The predicted molar refractivity (Wildman–Crippen MR) is 145 cm³/mol. The van der Waals surface area contributed by atoms with E-state index >= 15 is 0 Å². The third-order valence-electron chi connectivity index (χ3n) is 6.70. The van der Waals surface area contributed by atoms with Gasteiger partial charge in [-0.15, -0.1) is 0 Å². The number of carbonyl (C=O) groups is 2. The molecule has 0 bridgehead atoms. The molecule has 3 aromatic carbocycles. The lowest BCUT2D eigenvalue weighted by Gasteiger charge is -2.26. The number of H-pyrrole nitrogens is 1. The molecule has 192 valence electrons. The number of nitriles is 1. The minimum absolute atomic E-state index is 0.0405. The van der Waals surface area contributed by atoms with Crippen molar-refractivity contribution < 1.29 is 18.0 Å². The van der Waals surface area contributed by atoms with Crippen LogP contribution in [0.2, 0.25) is 0 Å². The van der Waals surface area contributed by atoms with E-state index in [1.54, 1.807) is 36.5 Å². The molecule has 1 atom stereocenters. The largest absolute Gasteiger partial charge is 0.360 e. The lowest BCUT2D eigenvalue weighted by Crippen LogP contribution is -2.52. The van der Waals surface area contributed by atoms with E-state index in [4.69, 9.17) is 5.26 Å². The smallest absolute Gasteiger partial charge is 0.251 e. The molecule has 8 nitrogen and oxygen atoms in total. The SMILES string of the molecule is N#Cc1ccc(CCN[C@H](C(=O)c2c[nH]c3cc(C(=O)NC4CS(=O)(=O)C4)ccc23)c2ccccc2)cc1. The van der Waals surface area contributed by atoms with Gasteiger partial charge in [0.2, 0.25) is 0 Å². The van der Waals surface area contributed by atoms with Crippen LogP contribution in [0, 0.1) is 11.3 Å². The van der Waals surface area contributed by atoms with Crippen LogP contribution in [0.15, 0.2) is 79.0 Å². The van der Waals surface area contributed by atoms with Crippen LogP contribution in [0.4, 0.5) is 0 Å². The number of fused-ring (bicyclic) bond motifs is 1. The molecule has 1 fully saturated rings. The zero-order valence-corrected chi connectivity index (χ0v) is 21.3. The van der Waals surface area contributed by atoms with Gasteiger partial charge in [-0.2, -0.15) is 5.26 Å². The molecule has 1 aliphatic rings. The van der Waals surface area contributed by atoms with Gasteiger partial charge in [-0.25, -0.2) is 8.42 Å². The molecule has 38 heavy (non-hydrogen) atoms. The normalized spacial score (nSPS) is 15.3. The van der Waals surface area contributed by atoms with Gasteiger partial charge in [0, 0.05) is 34.8 Å². The van der Waals surface area contributed by atoms with Crippen molar-refractivity contribution in [2.45, 2.75) is 18.5 Å². The van der Waals surface area contributed by atoms with E-state index in [9.17, 15) is 18.0 Å². The Morgan fingerprint density at radius 3 is 2.45 bits per heavy atom. The fraction of sp³-hybridized carbons (Fsp3) is 0.207. The summed E-state index contributed by atoms with van der Waals surface area (Å²) in [5.41, 5.74) is 4.06. The summed E-state index contributed by atoms with van der Waals surface area (Å²) >= 11 is 0. The van der Waals surface area contributed by atoms with Gasteiger partial charge >= 0.3 is 0 Å². The fourth-order valence-electron chi connectivity index (χ4n) is 4.66. The third-order valence-corrected chi connectivity index (χ3v) is 8.52. The summed E-state index contributed by atoms with van der Waals surface area (Å²) in [4.78, 5) is 29.5. The lowest BCUT2D eigenvalue weighted by atomic mass is 9.96. The molecule has 1 aliphatic heterocycles. The number of hydrogen-bond acceptors (Lipinski definition) is 6. The Labute approximate surface area is 220 Å². The van der Waals surface area contributed by atoms with Gasteiger partial charge in [0.15, 0.2) is 15.6 Å². The lowest BCUT2D eigenvalue weighted by molar-refractivity contribution is 0.0935. The number of benzene rings is 3. The van der Waals surface area contributed by atoms with Gasteiger partial charge in [0.05, 0.1) is 35.2 Å². The number of amides is 1. The highest BCUT2D eigenvalue weighted by atomic mass is 32.2. The fourth-order valence-corrected chi connectivity index (χ4v) is 5.95. The summed E-state index contributed by atoms with van der Waals surface area (Å²) in [6, 6.07) is 23.1. The number of nitrogens with one attached hydrogen (secondary N) is 3. The van der Waals surface area contributed by atoms with Crippen molar-refractivity contribution in [3.8, 4) is 6.07 Å². The molecule has 9 heteroatoms. The Morgan fingerprint density at radius 1 is 1.03 bits per heavy atom. The van der Waals surface area contributed by atoms with Gasteiger partial charge in [-0.1, -0.05) is 48.5 Å². The minimum Gasteiger partial charge on any atom is -0.360 e. The molecule has 1 amide bonds. The number of carbonyl (C=O) groups excluding carboxylic acids is 2. The van der Waals surface area contributed by atoms with Gasteiger partial charge in [-0.05, 0) is 41.8 Å². The van der Waals surface area contributed by atoms with Crippen LogP contribution in [-0.2, 0) is 16.3 Å². The minimum atomic E-state index is -3.03. The first-order chi connectivity index (χ1) is 18.3. The average Bonchev–Trinajstić information content (AvgIpc) is 3.34. The number of ketones is 1. The van der Waals surface area contributed by atoms with Gasteiger partial charge in [-0.3, -0.25) is 9.59 Å². The molecule has 5 rings (SSSR count). The number of sulfone groups is 1. The van der Waals surface area contributed by atoms with Crippen molar-refractivity contribution in [1.82, 2.24) is 15.6 Å². The third kappa shape index (κ3) is 5.52. The van der Waals surface area contributed by atoms with Gasteiger partial charge in [0.1, 0.15) is 0 Å². The summed E-state index contributed by atoms with van der Waals surface area (Å²) < 4.78 is 22.7. The molecule has 1 saturated heterocycles. The second-order valence-corrected chi connectivity index (χ2v) is 11.6. The Bertz CT molecular complexity index is 1630. The summed E-state index contributed by atoms with van der Waals surface area (Å²) in [7, 11) is -3.03. The van der Waals surface area contributed by atoms with Crippen LogP contribution in [0.25, 0.3) is 10.9 Å². The first-order valence-electron chi connectivity index (χ1n) is 12.3. The van der Waals surface area contributed by atoms with Crippen molar-refractivity contribution >= 4 is 32.4 Å². The Balaban J connectivity index is 1.33. The van der Waals surface area contributed by atoms with Crippen LogP contribution in [0.5, 0.6) is 0 Å². The number of nitrogens with zero attached hydrogens (tertiary/aromatic N) is 1. The van der Waals surface area contributed by atoms with Crippen LogP contribution in [-0.4, -0.2) is 49.2 Å². The molecular weight excluding hydrogens is 500 g/mol. The maximum Gasteiger partial charge on any atom is 0.251 e. The molecule has 2 heterocycles. The quantitative estimate of drug-likeness (QED) is 0.287. The van der Waals surface area contributed by atoms with Crippen LogP contribution < -0.4 is 10.6 Å². The maximum absolute atomic E-state index is 13.8. The zero-order chi connectivity index (χ0) is 26.7. The van der Waals surface area contributed by atoms with Crippen LogP contribution >= 0.6 is 0 Å². The Morgan fingerprint density at radius 2 is 1.76 bits per heavy atom. The number of aromatic amines is 1. The van der Waals surface area contributed by atoms with Crippen LogP contribution in [0.3, 0.4) is 0 Å². The average molecular weight is 527 g/mol. The van der Waals surface area contributed by atoms with E-state index in [0.29, 0.717) is 40.6 Å². The zero-order valence-electron chi connectivity index (χ0n) is 20.5. The molecule has 0 spiro atoms. The summed E-state index contributed by atoms with van der Waals surface area (Å²) in [5, 5.41) is 15.8. The number of Topliss-reactive ketones (excluding diaryl/α,β-unsaturated/α-hetero) is 1. The predicted octanol–water partition coefficient (Wildman–Crippen LogP) is 3.32. The van der Waals surface area contributed by atoms with Gasteiger partial charge in [0.25, 0.3) is 5.91 Å². The number of hydrogen-bond donors (Lipinski definition) is 3. The van der Waals surface area contributed by atoms with E-state index in [2.05, 4.69) is 21.7 Å². The molecule has 0 saturated carbocycles. The molecule has 0 radical (unpaired) electrons. The van der Waals surface area contributed by atoms with Gasteiger partial charge < -0.3 is 15.6 Å². The molecule has 0 unspecified atom stereocenters. The van der Waals surface area contributed by atoms with Crippen LogP contribution in [0.1, 0.15) is 43.4 Å². The Kier molecular flexibility index (Phi) is 7.09. The molecule has 4 aromatic rings. The number of rotatable bonds is 9. The van der Waals surface area contributed by atoms with Crippen molar-refractivity contribution in [1.29, 1.82) is 5.26 Å². The Hall–Kier alpha value is -4.26. The first kappa shape index (κ1) is 25.4. The van der Waals surface area contributed by atoms with Crippen molar-refractivity contribution in [3.05, 3.63) is 107 Å². The summed E-state index contributed by atoms with van der Waals surface area (Å²) in [5.74, 6) is -0.525. The van der Waals surface area contributed by atoms with E-state index in [1.807, 2.05) is 42.5 Å². The number of aromatic nitrogens is 1. The monoisotopic (exact) mass is 526 g/mol. The maximum atomic E-state index is 13.8. The topological polar surface area (TPSA) is 132 Å². The summed E-state index contributed by atoms with van der Waals surface area (Å²) in [6.07, 6.45) is 2.35. The van der Waals surface area contributed by atoms with E-state index in [-0.39, 0.29) is 29.2 Å².